The van der Waals surface area contributed by atoms with Crippen LogP contribution < -0.4 is 10.6 Å². The molecule has 1 fully saturated rings. The number of carbonyl (C=O) groups excluding carboxylic acids is 3. The monoisotopic (exact) mass is 723 g/mol. The molecule has 1 saturated carbocycles. The standard InChI is InChI=1S/C36H52F3N5O5S/c1-4-11-31(45)33(47)29(19-26-14-9-6-10-15-26)41-35(49)30(21-28-22-50-24-40-28)42-34(48)27(18-25-12-7-5-8-13-25)20-32(46)44(3)17-16-43(2)23-36(37,38)39/h4-5,7-8,12-13,22,24,26-27,29-31,33,45,47H,1,6,9-11,14-21,23H2,2-3H3,(H,41,49)(H,42,48)/t27?,29?,30-,31?,33+/m0/s1. The third-order valence-corrected chi connectivity index (χ3v) is 9.83. The first-order chi connectivity index (χ1) is 23.8. The molecule has 0 spiro atoms. The number of thiazole rings is 1. The number of aliphatic hydroxyl groups excluding tert-OH is 2. The molecule has 10 nitrogen and oxygen atoms in total. The molecule has 5 atom stereocenters. The van der Waals surface area contributed by atoms with E-state index in [0.717, 1.165) is 42.6 Å². The van der Waals surface area contributed by atoms with Gasteiger partial charge in [-0.25, -0.2) is 4.98 Å². The molecule has 1 aliphatic carbocycles. The van der Waals surface area contributed by atoms with Crippen molar-refractivity contribution in [3.05, 3.63) is 65.1 Å². The van der Waals surface area contributed by atoms with E-state index >= 15 is 0 Å². The van der Waals surface area contributed by atoms with Gasteiger partial charge >= 0.3 is 6.18 Å². The van der Waals surface area contributed by atoms with Crippen molar-refractivity contribution in [1.29, 1.82) is 0 Å². The Kier molecular flexibility index (Phi) is 16.9. The lowest BCUT2D eigenvalue weighted by atomic mass is 9.82. The van der Waals surface area contributed by atoms with E-state index in [9.17, 15) is 37.8 Å². The normalized spacial score (nSPS) is 17.0. The third-order valence-electron chi connectivity index (χ3n) is 9.19. The Balaban J connectivity index is 1.80. The summed E-state index contributed by atoms with van der Waals surface area (Å²) in [4.78, 5) is 48.0. The fourth-order valence-corrected chi connectivity index (χ4v) is 6.90. The highest BCUT2D eigenvalue weighted by Gasteiger charge is 2.34. The van der Waals surface area contributed by atoms with Gasteiger partial charge in [-0.2, -0.15) is 13.2 Å². The van der Waals surface area contributed by atoms with Crippen molar-refractivity contribution >= 4 is 29.1 Å². The first kappa shape index (κ1) is 41.1. The number of hydrogen-bond acceptors (Lipinski definition) is 8. The van der Waals surface area contributed by atoms with Crippen LogP contribution in [0.1, 0.15) is 62.6 Å². The molecule has 1 aromatic carbocycles. The summed E-state index contributed by atoms with van der Waals surface area (Å²) >= 11 is 1.34. The summed E-state index contributed by atoms with van der Waals surface area (Å²) in [6, 6.07) is 7.22. The molecule has 1 heterocycles. The van der Waals surface area contributed by atoms with Gasteiger partial charge in [-0.15, -0.1) is 17.9 Å². The molecule has 0 bridgehead atoms. The van der Waals surface area contributed by atoms with Crippen LogP contribution in [0.5, 0.6) is 0 Å². The molecule has 0 aliphatic heterocycles. The van der Waals surface area contributed by atoms with E-state index in [1.165, 1.54) is 36.4 Å². The van der Waals surface area contributed by atoms with Gasteiger partial charge in [0.05, 0.1) is 35.8 Å². The maximum Gasteiger partial charge on any atom is 0.401 e. The van der Waals surface area contributed by atoms with E-state index in [2.05, 4.69) is 22.2 Å². The molecule has 2 aromatic rings. The molecule has 0 radical (unpaired) electrons. The van der Waals surface area contributed by atoms with Gasteiger partial charge in [0.1, 0.15) is 12.1 Å². The van der Waals surface area contributed by atoms with Crippen LogP contribution in [0, 0.1) is 11.8 Å². The van der Waals surface area contributed by atoms with Crippen LogP contribution in [-0.2, 0) is 27.2 Å². The van der Waals surface area contributed by atoms with Gasteiger partial charge in [0.25, 0.3) is 0 Å². The second kappa shape index (κ2) is 20.5. The van der Waals surface area contributed by atoms with Gasteiger partial charge in [0, 0.05) is 38.4 Å². The number of nitrogens with zero attached hydrogens (tertiary/aromatic N) is 3. The number of nitrogens with one attached hydrogen (secondary N) is 2. The predicted molar refractivity (Wildman–Crippen MR) is 187 cm³/mol. The van der Waals surface area contributed by atoms with Crippen LogP contribution in [-0.4, -0.2) is 107 Å². The Hall–Kier alpha value is -3.33. The van der Waals surface area contributed by atoms with Crippen LogP contribution >= 0.6 is 11.3 Å². The second-order valence-electron chi connectivity index (χ2n) is 13.4. The van der Waals surface area contributed by atoms with Crippen molar-refractivity contribution in [3.8, 4) is 0 Å². The van der Waals surface area contributed by atoms with Crippen molar-refractivity contribution < 1.29 is 37.8 Å². The molecule has 4 N–H and O–H groups in total. The molecule has 1 aromatic heterocycles. The first-order valence-corrected chi connectivity index (χ1v) is 18.2. The number of hydrogen-bond donors (Lipinski definition) is 4. The van der Waals surface area contributed by atoms with Gasteiger partial charge in [-0.3, -0.25) is 19.3 Å². The fraction of sp³-hybridized carbons (Fsp3) is 0.611. The minimum Gasteiger partial charge on any atom is -0.390 e. The summed E-state index contributed by atoms with van der Waals surface area (Å²) in [7, 11) is 2.81. The zero-order valence-corrected chi connectivity index (χ0v) is 29.8. The highest BCUT2D eigenvalue weighted by molar-refractivity contribution is 7.07. The van der Waals surface area contributed by atoms with Crippen LogP contribution in [0.3, 0.4) is 0 Å². The molecule has 3 unspecified atom stereocenters. The summed E-state index contributed by atoms with van der Waals surface area (Å²) in [6.07, 6.45) is 0.507. The number of alkyl halides is 3. The summed E-state index contributed by atoms with van der Waals surface area (Å²) in [6.45, 7) is 2.56. The maximum atomic E-state index is 14.0. The summed E-state index contributed by atoms with van der Waals surface area (Å²) < 4.78 is 38.4. The average molecular weight is 724 g/mol. The predicted octanol–water partition coefficient (Wildman–Crippen LogP) is 4.13. The molecule has 1 aliphatic rings. The molecular formula is C36H52F3N5O5S. The molecular weight excluding hydrogens is 671 g/mol. The SMILES string of the molecule is C=CCC(O)[C@H](O)C(CC1CCCCC1)NC(=O)[C@H](Cc1cscn1)NC(=O)C(CC(=O)N(C)CCN(C)CC(F)(F)F)Cc1ccccc1. The molecule has 14 heteroatoms. The fourth-order valence-electron chi connectivity index (χ4n) is 6.33. The minimum atomic E-state index is -4.36. The van der Waals surface area contributed by atoms with Crippen molar-refractivity contribution in [2.24, 2.45) is 11.8 Å². The van der Waals surface area contributed by atoms with E-state index < -0.39 is 60.7 Å². The van der Waals surface area contributed by atoms with Gasteiger partial charge < -0.3 is 25.7 Å². The number of aromatic nitrogens is 1. The quantitative estimate of drug-likeness (QED) is 0.151. The van der Waals surface area contributed by atoms with E-state index in [4.69, 9.17) is 0 Å². The van der Waals surface area contributed by atoms with E-state index in [1.54, 1.807) is 10.9 Å². The number of amides is 3. The number of rotatable bonds is 20. The van der Waals surface area contributed by atoms with Crippen molar-refractivity contribution in [2.75, 3.05) is 33.7 Å². The molecule has 0 saturated heterocycles. The lowest BCUT2D eigenvalue weighted by Gasteiger charge is -2.33. The highest BCUT2D eigenvalue weighted by atomic mass is 32.1. The largest absolute Gasteiger partial charge is 0.401 e. The molecule has 3 rings (SSSR count). The molecule has 3 amide bonds. The Morgan fingerprint density at radius 3 is 2.36 bits per heavy atom. The Morgan fingerprint density at radius 2 is 1.74 bits per heavy atom. The van der Waals surface area contributed by atoms with E-state index in [-0.39, 0.29) is 44.7 Å². The topological polar surface area (TPSA) is 135 Å². The number of benzene rings is 1. The summed E-state index contributed by atoms with van der Waals surface area (Å²) in [5.41, 5.74) is 2.98. The van der Waals surface area contributed by atoms with Gasteiger partial charge in [-0.1, -0.05) is 68.5 Å². The van der Waals surface area contributed by atoms with Crippen LogP contribution in [0.25, 0.3) is 0 Å². The van der Waals surface area contributed by atoms with Gasteiger partial charge in [-0.05, 0) is 37.8 Å². The zero-order valence-electron chi connectivity index (χ0n) is 29.0. The van der Waals surface area contributed by atoms with Crippen molar-refractivity contribution in [3.63, 3.8) is 0 Å². The summed E-state index contributed by atoms with van der Waals surface area (Å²) in [5.74, 6) is -2.15. The summed E-state index contributed by atoms with van der Waals surface area (Å²) in [5, 5.41) is 29.3. The van der Waals surface area contributed by atoms with Crippen molar-refractivity contribution in [2.45, 2.75) is 94.7 Å². The van der Waals surface area contributed by atoms with Gasteiger partial charge in [0.2, 0.25) is 17.7 Å². The van der Waals surface area contributed by atoms with Crippen LogP contribution in [0.4, 0.5) is 13.2 Å². The molecule has 50 heavy (non-hydrogen) atoms. The van der Waals surface area contributed by atoms with E-state index in [1.807, 2.05) is 30.3 Å². The van der Waals surface area contributed by atoms with Crippen LogP contribution in [0.15, 0.2) is 53.9 Å². The first-order valence-electron chi connectivity index (χ1n) is 17.2. The smallest absolute Gasteiger partial charge is 0.390 e. The number of carbonyl (C=O) groups is 3. The van der Waals surface area contributed by atoms with E-state index in [0.29, 0.717) is 12.1 Å². The maximum absolute atomic E-state index is 14.0. The Morgan fingerprint density at radius 1 is 1.04 bits per heavy atom. The number of aliphatic hydroxyl groups is 2. The second-order valence-corrected chi connectivity index (χ2v) is 14.2. The molecule has 278 valence electrons. The Labute approximate surface area is 297 Å². The highest BCUT2D eigenvalue weighted by Crippen LogP contribution is 2.29. The Bertz CT molecular complexity index is 1330. The van der Waals surface area contributed by atoms with Gasteiger partial charge in [0.15, 0.2) is 0 Å². The lowest BCUT2D eigenvalue weighted by Crippen LogP contribution is -2.56. The lowest BCUT2D eigenvalue weighted by molar-refractivity contribution is -0.144. The minimum absolute atomic E-state index is 0.0114. The average Bonchev–Trinajstić information content (AvgIpc) is 3.59. The number of likely N-dealkylation sites (N-methyl/N-ethyl adjacent to an activating group) is 2. The zero-order chi connectivity index (χ0) is 36.7. The van der Waals surface area contributed by atoms with Crippen LogP contribution in [0.2, 0.25) is 0 Å². The number of halogens is 3. The van der Waals surface area contributed by atoms with Crippen molar-refractivity contribution in [1.82, 2.24) is 25.4 Å². The third kappa shape index (κ3) is 14.5.